The van der Waals surface area contributed by atoms with E-state index in [0.29, 0.717) is 42.0 Å². The molecule has 1 fully saturated rings. The number of sulfonamides is 1. The van der Waals surface area contributed by atoms with Crippen molar-refractivity contribution in [2.75, 3.05) is 38.8 Å². The minimum Gasteiger partial charge on any atom is -0.497 e. The third kappa shape index (κ3) is 10.9. The van der Waals surface area contributed by atoms with Crippen LogP contribution in [-0.4, -0.2) is 61.6 Å². The van der Waals surface area contributed by atoms with E-state index in [1.54, 1.807) is 26.4 Å². The molecule has 1 unspecified atom stereocenters. The van der Waals surface area contributed by atoms with Gasteiger partial charge in [0.05, 0.1) is 47.1 Å². The Hall–Kier alpha value is -3.87. The summed E-state index contributed by atoms with van der Waals surface area (Å²) in [5.41, 5.74) is 4.84. The first-order valence-electron chi connectivity index (χ1n) is 20.6. The molecule has 0 radical (unpaired) electrons. The summed E-state index contributed by atoms with van der Waals surface area (Å²) in [6.07, 6.45) is 6.89. The highest BCUT2D eigenvalue weighted by atomic mass is 35.5. The summed E-state index contributed by atoms with van der Waals surface area (Å²) in [5.74, 6) is 2.52. The van der Waals surface area contributed by atoms with Crippen LogP contribution in [0.5, 0.6) is 17.2 Å². The molecule has 5 atom stereocenters. The molecule has 0 saturated heterocycles. The molecule has 9 nitrogen and oxygen atoms in total. The van der Waals surface area contributed by atoms with Gasteiger partial charge in [0, 0.05) is 43.2 Å². The van der Waals surface area contributed by atoms with Crippen LogP contribution in [0.25, 0.3) is 0 Å². The van der Waals surface area contributed by atoms with Crippen LogP contribution in [0.3, 0.4) is 0 Å². The van der Waals surface area contributed by atoms with Gasteiger partial charge in [0.15, 0.2) is 0 Å². The Labute approximate surface area is 359 Å². The van der Waals surface area contributed by atoms with Gasteiger partial charge in [-0.2, -0.15) is 4.31 Å². The Balaban J connectivity index is 1.37. The fourth-order valence-corrected chi connectivity index (χ4v) is 10.5. The average Bonchev–Trinajstić information content (AvgIpc) is 3.40. The maximum absolute atomic E-state index is 14.9. The lowest BCUT2D eigenvalue weighted by atomic mass is 9.69. The zero-order valence-electron chi connectivity index (χ0n) is 35.3. The molecule has 59 heavy (non-hydrogen) atoms. The summed E-state index contributed by atoms with van der Waals surface area (Å²) in [6, 6.07) is 26.3. The Morgan fingerprint density at radius 1 is 0.966 bits per heavy atom. The van der Waals surface area contributed by atoms with E-state index in [2.05, 4.69) is 35.3 Å². The Morgan fingerprint density at radius 3 is 2.15 bits per heavy atom. The number of benzene rings is 4. The van der Waals surface area contributed by atoms with E-state index >= 15 is 0 Å². The third-order valence-electron chi connectivity index (χ3n) is 11.6. The number of hydrogen-bond donors (Lipinski definition) is 1. The van der Waals surface area contributed by atoms with Crippen LogP contribution in [0.15, 0.2) is 102 Å². The number of halogens is 1. The molecule has 0 aromatic heterocycles. The van der Waals surface area contributed by atoms with Crippen molar-refractivity contribution in [2.24, 2.45) is 11.8 Å². The van der Waals surface area contributed by atoms with E-state index in [-0.39, 0.29) is 41.8 Å². The van der Waals surface area contributed by atoms with Crippen molar-refractivity contribution in [2.45, 2.75) is 94.5 Å². The Morgan fingerprint density at radius 2 is 1.61 bits per heavy atom. The molecule has 1 aliphatic heterocycles. The first-order chi connectivity index (χ1) is 28.2. The molecule has 2 aliphatic rings. The molecule has 0 spiro atoms. The molecule has 1 N–H and O–H groups in total. The molecular formula is C47H60ClN3O6S2. The van der Waals surface area contributed by atoms with Gasteiger partial charge in [-0.05, 0) is 135 Å². The number of fused-ring (bicyclic) bond motifs is 1. The molecule has 4 aromatic rings. The van der Waals surface area contributed by atoms with Gasteiger partial charge >= 0.3 is 0 Å². The average molecular weight is 863 g/mol. The predicted molar refractivity (Wildman–Crippen MR) is 241 cm³/mol. The van der Waals surface area contributed by atoms with Crippen LogP contribution in [0.2, 0.25) is 5.02 Å². The highest BCUT2D eigenvalue weighted by Gasteiger charge is 2.40. The van der Waals surface area contributed by atoms with Crippen LogP contribution >= 0.6 is 11.6 Å². The first kappa shape index (κ1) is 44.7. The predicted octanol–water partition coefficient (Wildman–Crippen LogP) is 9.71. The second-order valence-electron chi connectivity index (χ2n) is 16.7. The summed E-state index contributed by atoms with van der Waals surface area (Å²) in [4.78, 5) is 2.52. The summed E-state index contributed by atoms with van der Waals surface area (Å²) in [5, 5.41) is 0.714. The van der Waals surface area contributed by atoms with Crippen molar-refractivity contribution in [3.63, 3.8) is 0 Å². The topological polar surface area (TPSA) is 97.4 Å². The number of aryl methyl sites for hydroxylation is 1. The zero-order chi connectivity index (χ0) is 42.3. The molecular weight excluding hydrogens is 802 g/mol. The number of anilines is 1. The Kier molecular flexibility index (Phi) is 14.9. The van der Waals surface area contributed by atoms with E-state index < -0.39 is 25.8 Å². The second-order valence-corrected chi connectivity index (χ2v) is 21.1. The minimum atomic E-state index is -4.04. The van der Waals surface area contributed by atoms with Crippen LogP contribution < -0.4 is 23.8 Å². The number of unbranched alkanes of at least 4 members (excludes halogenated alkanes) is 1. The van der Waals surface area contributed by atoms with Crippen molar-refractivity contribution >= 4 is 38.3 Å². The number of nitrogens with one attached hydrogen (secondary N) is 1. The fourth-order valence-electron chi connectivity index (χ4n) is 7.98. The van der Waals surface area contributed by atoms with E-state index in [1.165, 1.54) is 15.4 Å². The number of rotatable bonds is 18. The van der Waals surface area contributed by atoms with Gasteiger partial charge in [0.1, 0.15) is 17.2 Å². The van der Waals surface area contributed by atoms with Crippen molar-refractivity contribution < 1.29 is 26.8 Å². The number of nitrogens with zero attached hydrogens (tertiary/aromatic N) is 2. The largest absolute Gasteiger partial charge is 0.497 e. The number of ether oxygens (including phenoxy) is 3. The molecule has 1 heterocycles. The van der Waals surface area contributed by atoms with Gasteiger partial charge in [-0.25, -0.2) is 17.3 Å². The number of methoxy groups -OCH3 is 2. The van der Waals surface area contributed by atoms with E-state index in [1.807, 2.05) is 87.5 Å². The third-order valence-corrected chi connectivity index (χ3v) is 15.2. The van der Waals surface area contributed by atoms with Crippen molar-refractivity contribution in [3.05, 3.63) is 125 Å². The monoisotopic (exact) mass is 861 g/mol. The van der Waals surface area contributed by atoms with Crippen LogP contribution in [0.4, 0.5) is 5.69 Å². The van der Waals surface area contributed by atoms with Gasteiger partial charge in [0.2, 0.25) is 10.0 Å². The summed E-state index contributed by atoms with van der Waals surface area (Å²) in [6.45, 7) is 14.3. The fraction of sp³-hybridized carbons (Fsp3) is 0.447. The molecule has 12 heteroatoms. The van der Waals surface area contributed by atoms with Crippen molar-refractivity contribution in [3.8, 4) is 17.2 Å². The highest BCUT2D eigenvalue weighted by Crippen LogP contribution is 2.43. The zero-order valence-corrected chi connectivity index (χ0v) is 37.7. The van der Waals surface area contributed by atoms with Crippen molar-refractivity contribution in [1.82, 2.24) is 9.03 Å². The van der Waals surface area contributed by atoms with E-state index in [4.69, 9.17) is 25.8 Å². The van der Waals surface area contributed by atoms with Crippen molar-refractivity contribution in [1.29, 1.82) is 0 Å². The Bertz CT molecular complexity index is 2130. The van der Waals surface area contributed by atoms with Gasteiger partial charge in [-0.3, -0.25) is 0 Å². The smallest absolute Gasteiger partial charge is 0.243 e. The lowest BCUT2D eigenvalue weighted by Crippen LogP contribution is -2.50. The molecule has 6 rings (SSSR count). The second kappa shape index (κ2) is 19.7. The summed E-state index contributed by atoms with van der Waals surface area (Å²) >= 11 is 6.55. The molecule has 0 bridgehead atoms. The maximum atomic E-state index is 14.9. The van der Waals surface area contributed by atoms with Gasteiger partial charge < -0.3 is 19.1 Å². The van der Waals surface area contributed by atoms with Gasteiger partial charge in [-0.1, -0.05) is 61.4 Å². The van der Waals surface area contributed by atoms with Gasteiger partial charge in [0.25, 0.3) is 0 Å². The molecule has 4 aromatic carbocycles. The standard InChI is InChI=1S/C47H60ClN3O6S2/c1-8-10-11-35-26-38(48)17-24-42(35)37-31-50(30-36-16-23-43(36)44(9-2)49-58(52)47(3,4)5)45-27-41(22-25-46(45)57-32-37)59(53,54)51(28-33-12-18-39(55-6)19-13-33)29-34-14-20-40(56-7)21-15-34/h9,12-15,17-22,24-27,36-37,43-44,49H,2,8,10-11,16,23,28-32H2,1,3-7H3/t36-,37-,43+,44+,58?/m0/s1. The van der Waals surface area contributed by atoms with Crippen LogP contribution in [0.1, 0.15) is 81.5 Å². The summed E-state index contributed by atoms with van der Waals surface area (Å²) in [7, 11) is -2.08. The lowest BCUT2D eigenvalue weighted by molar-refractivity contribution is 0.158. The van der Waals surface area contributed by atoms with E-state index in [0.717, 1.165) is 48.9 Å². The SMILES string of the molecule is C=C[C@@H](NS(=O)C(C)(C)C)[C@@H]1CC[C@H]1CN1C[C@H](c2ccc(Cl)cc2CCCC)COc2ccc(S(=O)(=O)N(Cc3ccc(OC)cc3)Cc3ccc(OC)cc3)cc21. The first-order valence-corrected chi connectivity index (χ1v) is 23.6. The molecule has 0 amide bonds. The molecule has 1 aliphatic carbocycles. The summed E-state index contributed by atoms with van der Waals surface area (Å²) < 4.78 is 65.0. The van der Waals surface area contributed by atoms with E-state index in [9.17, 15) is 12.6 Å². The highest BCUT2D eigenvalue weighted by molar-refractivity contribution is 7.89. The maximum Gasteiger partial charge on any atom is 0.243 e. The van der Waals surface area contributed by atoms with Gasteiger partial charge in [-0.15, -0.1) is 6.58 Å². The minimum absolute atomic E-state index is 0.00784. The quantitative estimate of drug-likeness (QED) is 0.0996. The van der Waals surface area contributed by atoms with Crippen LogP contribution in [0, 0.1) is 11.8 Å². The molecule has 318 valence electrons. The number of hydrogen-bond acceptors (Lipinski definition) is 7. The molecule has 1 saturated carbocycles. The lowest BCUT2D eigenvalue weighted by Gasteiger charge is -2.44. The van der Waals surface area contributed by atoms with Crippen LogP contribution in [-0.2, 0) is 40.5 Å². The normalized spacial score (nSPS) is 19.2.